The second kappa shape index (κ2) is 9.73. The highest BCUT2D eigenvalue weighted by Gasteiger charge is 2.16. The molecule has 2 heteroatoms. The first-order valence-corrected chi connectivity index (χ1v) is 13.5. The van der Waals surface area contributed by atoms with Gasteiger partial charge in [-0.2, -0.15) is 5.26 Å². The van der Waals surface area contributed by atoms with E-state index in [4.69, 9.17) is 0 Å². The fraction of sp³-hybridized carbons (Fsp3) is 0.0263. The van der Waals surface area contributed by atoms with Gasteiger partial charge in [0.05, 0.1) is 22.7 Å². The van der Waals surface area contributed by atoms with Crippen molar-refractivity contribution in [3.05, 3.63) is 151 Å². The van der Waals surface area contributed by atoms with Gasteiger partial charge in [0.15, 0.2) is 0 Å². The third-order valence-electron chi connectivity index (χ3n) is 7.75. The van der Waals surface area contributed by atoms with Crippen molar-refractivity contribution in [2.75, 3.05) is 0 Å². The zero-order valence-corrected chi connectivity index (χ0v) is 22.2. The summed E-state index contributed by atoms with van der Waals surface area (Å²) in [6, 6.07) is 51.4. The van der Waals surface area contributed by atoms with E-state index in [2.05, 4.69) is 139 Å². The van der Waals surface area contributed by atoms with E-state index in [1.165, 1.54) is 49.6 Å². The number of aryl methyl sites for hydroxylation is 1. The summed E-state index contributed by atoms with van der Waals surface area (Å²) >= 11 is 0. The zero-order chi connectivity index (χ0) is 27.1. The number of nitriles is 1. The minimum absolute atomic E-state index is 0.665. The molecule has 2 nitrogen and oxygen atoms in total. The third-order valence-corrected chi connectivity index (χ3v) is 7.75. The number of hydrogen-bond donors (Lipinski definition) is 0. The topological polar surface area (TPSA) is 28.7 Å². The predicted octanol–water partition coefficient (Wildman–Crippen LogP) is 9.96. The van der Waals surface area contributed by atoms with E-state index in [1.807, 2.05) is 18.2 Å². The van der Waals surface area contributed by atoms with Gasteiger partial charge in [0, 0.05) is 16.5 Å². The Kier molecular flexibility index (Phi) is 5.77. The van der Waals surface area contributed by atoms with Gasteiger partial charge in [-0.1, -0.05) is 97.1 Å². The largest absolute Gasteiger partial charge is 0.309 e. The zero-order valence-electron chi connectivity index (χ0n) is 22.2. The number of fused-ring (bicyclic) bond motifs is 3. The van der Waals surface area contributed by atoms with E-state index in [1.54, 1.807) is 0 Å². The maximum atomic E-state index is 9.45. The Morgan fingerprint density at radius 3 is 1.55 bits per heavy atom. The maximum absolute atomic E-state index is 9.45. The van der Waals surface area contributed by atoms with Crippen molar-refractivity contribution in [3.8, 4) is 45.1 Å². The summed E-state index contributed by atoms with van der Waals surface area (Å²) < 4.78 is 2.39. The molecule has 0 unspecified atom stereocenters. The minimum Gasteiger partial charge on any atom is -0.309 e. The molecule has 7 aromatic rings. The van der Waals surface area contributed by atoms with E-state index < -0.39 is 0 Å². The molecular weight excluding hydrogens is 484 g/mol. The van der Waals surface area contributed by atoms with Crippen molar-refractivity contribution in [2.45, 2.75) is 6.92 Å². The average molecular weight is 511 g/mol. The summed E-state index contributed by atoms with van der Waals surface area (Å²) in [6.45, 7) is 2.17. The summed E-state index contributed by atoms with van der Waals surface area (Å²) in [7, 11) is 0. The highest BCUT2D eigenvalue weighted by Crippen LogP contribution is 2.38. The van der Waals surface area contributed by atoms with Gasteiger partial charge in [0.1, 0.15) is 0 Å². The SMILES string of the molecule is Cc1ccc(-c2cccc(C#N)c2)cc1-n1c2ccc(-c3ccccc3)cc2c2cc(-c3ccccc3)ccc21. The fourth-order valence-electron chi connectivity index (χ4n) is 5.70. The first-order valence-electron chi connectivity index (χ1n) is 13.5. The molecule has 0 spiro atoms. The van der Waals surface area contributed by atoms with Gasteiger partial charge in [0.2, 0.25) is 0 Å². The van der Waals surface area contributed by atoms with Crippen LogP contribution in [0.25, 0.3) is 60.9 Å². The number of benzene rings is 6. The van der Waals surface area contributed by atoms with Gasteiger partial charge in [-0.15, -0.1) is 0 Å². The van der Waals surface area contributed by atoms with Gasteiger partial charge < -0.3 is 4.57 Å². The molecule has 1 heterocycles. The molecule has 188 valence electrons. The van der Waals surface area contributed by atoms with Crippen LogP contribution >= 0.6 is 0 Å². The molecule has 7 rings (SSSR count). The Labute approximate surface area is 234 Å². The summed E-state index contributed by atoms with van der Waals surface area (Å²) in [5, 5.41) is 11.9. The number of rotatable bonds is 4. The summed E-state index contributed by atoms with van der Waals surface area (Å²) in [5.41, 5.74) is 12.3. The molecule has 1 aromatic heterocycles. The van der Waals surface area contributed by atoms with Crippen molar-refractivity contribution >= 4 is 21.8 Å². The molecule has 0 aliphatic rings. The quantitative estimate of drug-likeness (QED) is 0.232. The van der Waals surface area contributed by atoms with Crippen LogP contribution in [0.1, 0.15) is 11.1 Å². The Balaban J connectivity index is 1.50. The standard InChI is InChI=1S/C38H26N2/c1-26-15-16-33(30-14-8-9-27(21-30)25-39)24-38(26)40-36-19-17-31(28-10-4-2-5-11-28)22-34(36)35-23-32(18-20-37(35)40)29-12-6-3-7-13-29/h2-24H,1H3. The van der Waals surface area contributed by atoms with Gasteiger partial charge in [-0.3, -0.25) is 0 Å². The molecular formula is C38H26N2. The lowest BCUT2D eigenvalue weighted by molar-refractivity contribution is 1.15. The predicted molar refractivity (Wildman–Crippen MR) is 167 cm³/mol. The van der Waals surface area contributed by atoms with Gasteiger partial charge in [0.25, 0.3) is 0 Å². The van der Waals surface area contributed by atoms with Crippen molar-refractivity contribution < 1.29 is 0 Å². The third kappa shape index (κ3) is 4.06. The normalized spacial score (nSPS) is 11.1. The van der Waals surface area contributed by atoms with Gasteiger partial charge in [-0.25, -0.2) is 0 Å². The van der Waals surface area contributed by atoms with Crippen LogP contribution in [0.4, 0.5) is 0 Å². The second-order valence-electron chi connectivity index (χ2n) is 10.2. The van der Waals surface area contributed by atoms with E-state index in [0.29, 0.717) is 5.56 Å². The Hall–Kier alpha value is -5.39. The molecule has 40 heavy (non-hydrogen) atoms. The fourth-order valence-corrected chi connectivity index (χ4v) is 5.70. The highest BCUT2D eigenvalue weighted by molar-refractivity contribution is 6.11. The molecule has 0 radical (unpaired) electrons. The van der Waals surface area contributed by atoms with Crippen molar-refractivity contribution in [1.29, 1.82) is 5.26 Å². The molecule has 0 saturated heterocycles. The molecule has 0 N–H and O–H groups in total. The lowest BCUT2D eigenvalue weighted by atomic mass is 10.0. The lowest BCUT2D eigenvalue weighted by Gasteiger charge is -2.14. The average Bonchev–Trinajstić information content (AvgIpc) is 3.35. The van der Waals surface area contributed by atoms with Crippen molar-refractivity contribution in [3.63, 3.8) is 0 Å². The molecule has 0 saturated carbocycles. The summed E-state index contributed by atoms with van der Waals surface area (Å²) in [5.74, 6) is 0. The van der Waals surface area contributed by atoms with Crippen LogP contribution in [0.5, 0.6) is 0 Å². The molecule has 0 aliphatic carbocycles. The molecule has 6 aromatic carbocycles. The molecule has 0 fully saturated rings. The van der Waals surface area contributed by atoms with Crippen LogP contribution in [-0.4, -0.2) is 4.57 Å². The first-order chi connectivity index (χ1) is 19.7. The van der Waals surface area contributed by atoms with Gasteiger partial charge in [-0.05, 0) is 88.3 Å². The van der Waals surface area contributed by atoms with Crippen LogP contribution < -0.4 is 0 Å². The van der Waals surface area contributed by atoms with Crippen LogP contribution in [0.3, 0.4) is 0 Å². The summed E-state index contributed by atoms with van der Waals surface area (Å²) in [6.07, 6.45) is 0. The summed E-state index contributed by atoms with van der Waals surface area (Å²) in [4.78, 5) is 0. The monoisotopic (exact) mass is 510 g/mol. The Morgan fingerprint density at radius 2 is 0.975 bits per heavy atom. The minimum atomic E-state index is 0.665. The van der Waals surface area contributed by atoms with Gasteiger partial charge >= 0.3 is 0 Å². The molecule has 0 amide bonds. The van der Waals surface area contributed by atoms with Crippen molar-refractivity contribution in [1.82, 2.24) is 4.57 Å². The number of aromatic nitrogens is 1. The molecule has 0 atom stereocenters. The maximum Gasteiger partial charge on any atom is 0.0991 e. The van der Waals surface area contributed by atoms with E-state index in [-0.39, 0.29) is 0 Å². The Morgan fingerprint density at radius 1 is 0.475 bits per heavy atom. The number of hydrogen-bond acceptors (Lipinski definition) is 1. The van der Waals surface area contributed by atoms with E-state index in [9.17, 15) is 5.26 Å². The smallest absolute Gasteiger partial charge is 0.0991 e. The van der Waals surface area contributed by atoms with Crippen LogP contribution in [0.15, 0.2) is 140 Å². The van der Waals surface area contributed by atoms with Crippen LogP contribution in [-0.2, 0) is 0 Å². The van der Waals surface area contributed by atoms with Crippen LogP contribution in [0.2, 0.25) is 0 Å². The molecule has 0 aliphatic heterocycles. The highest BCUT2D eigenvalue weighted by atomic mass is 15.0. The molecule has 0 bridgehead atoms. The number of nitrogens with zero attached hydrogens (tertiary/aromatic N) is 2. The second-order valence-corrected chi connectivity index (χ2v) is 10.2. The Bertz CT molecular complexity index is 1960. The van der Waals surface area contributed by atoms with Crippen LogP contribution in [0, 0.1) is 18.3 Å². The van der Waals surface area contributed by atoms with E-state index >= 15 is 0 Å². The van der Waals surface area contributed by atoms with E-state index in [0.717, 1.165) is 16.8 Å². The van der Waals surface area contributed by atoms with Crippen molar-refractivity contribution in [2.24, 2.45) is 0 Å². The first kappa shape index (κ1) is 23.7. The lowest BCUT2D eigenvalue weighted by Crippen LogP contribution is -1.98.